The summed E-state index contributed by atoms with van der Waals surface area (Å²) in [6, 6.07) is 1.82. The first-order valence-corrected chi connectivity index (χ1v) is 7.50. The van der Waals surface area contributed by atoms with Crippen molar-refractivity contribution in [3.05, 3.63) is 23.9 Å². The van der Waals surface area contributed by atoms with Crippen LogP contribution in [0.15, 0.2) is 23.4 Å². The van der Waals surface area contributed by atoms with Gasteiger partial charge in [-0.3, -0.25) is 0 Å². The molecule has 0 aliphatic carbocycles. The highest BCUT2D eigenvalue weighted by molar-refractivity contribution is 7.92. The van der Waals surface area contributed by atoms with E-state index in [-0.39, 0.29) is 17.6 Å². The Bertz CT molecular complexity index is 477. The molecule has 0 bridgehead atoms. The largest absolute Gasteiger partial charge is 0.610 e. The standard InChI is InChI=1S/C13H16F3NO3S/c1-4-20-12(18)11(8(2)3)21(19)10-6-5-9(7-17-10)13(14,15)16/h5-8,11H,4H2,1-3H3. The van der Waals surface area contributed by atoms with E-state index in [2.05, 4.69) is 4.98 Å². The zero-order valence-electron chi connectivity index (χ0n) is 11.8. The third kappa shape index (κ3) is 4.60. The molecule has 118 valence electrons. The molecule has 0 spiro atoms. The van der Waals surface area contributed by atoms with Crippen LogP contribution < -0.4 is 0 Å². The second-order valence-corrected chi connectivity index (χ2v) is 6.12. The summed E-state index contributed by atoms with van der Waals surface area (Å²) in [5, 5.41) is -1.04. The number of halogens is 3. The molecule has 0 fully saturated rings. The minimum Gasteiger partial charge on any atom is -0.610 e. The highest BCUT2D eigenvalue weighted by Gasteiger charge is 2.38. The molecule has 2 atom stereocenters. The van der Waals surface area contributed by atoms with Crippen molar-refractivity contribution >= 4 is 17.1 Å². The van der Waals surface area contributed by atoms with Crippen molar-refractivity contribution in [2.24, 2.45) is 5.92 Å². The summed E-state index contributed by atoms with van der Waals surface area (Å²) < 4.78 is 54.5. The first kappa shape index (κ1) is 17.8. The van der Waals surface area contributed by atoms with Crippen LogP contribution in [0.2, 0.25) is 0 Å². The number of carbonyl (C=O) groups excluding carboxylic acids is 1. The maximum atomic E-state index is 12.4. The lowest BCUT2D eigenvalue weighted by Gasteiger charge is -2.21. The number of hydrogen-bond donors (Lipinski definition) is 0. The smallest absolute Gasteiger partial charge is 0.417 e. The molecule has 4 nitrogen and oxygen atoms in total. The van der Waals surface area contributed by atoms with Gasteiger partial charge >= 0.3 is 12.1 Å². The van der Waals surface area contributed by atoms with Gasteiger partial charge < -0.3 is 9.29 Å². The molecule has 0 N–H and O–H groups in total. The Hall–Kier alpha value is -1.28. The number of rotatable bonds is 5. The topological polar surface area (TPSA) is 62.2 Å². The van der Waals surface area contributed by atoms with Crippen LogP contribution in [0.4, 0.5) is 13.2 Å². The molecule has 0 radical (unpaired) electrons. The first-order chi connectivity index (χ1) is 9.68. The van der Waals surface area contributed by atoms with E-state index >= 15 is 0 Å². The van der Waals surface area contributed by atoms with Crippen LogP contribution in [-0.4, -0.2) is 27.4 Å². The van der Waals surface area contributed by atoms with E-state index < -0.39 is 34.1 Å². The zero-order valence-corrected chi connectivity index (χ0v) is 12.6. The minimum atomic E-state index is -4.51. The molecule has 1 heterocycles. The van der Waals surface area contributed by atoms with Gasteiger partial charge in [-0.05, 0) is 13.0 Å². The normalized spacial score (nSPS) is 14.9. The summed E-state index contributed by atoms with van der Waals surface area (Å²) in [7, 11) is 0. The van der Waals surface area contributed by atoms with Crippen LogP contribution in [0.5, 0.6) is 0 Å². The third-order valence-corrected chi connectivity index (χ3v) is 4.48. The number of ether oxygens (including phenoxy) is 1. The summed E-state index contributed by atoms with van der Waals surface area (Å²) in [6.45, 7) is 5.13. The molecule has 21 heavy (non-hydrogen) atoms. The Kier molecular flexibility index (Phi) is 6.03. The van der Waals surface area contributed by atoms with Crippen LogP contribution in [-0.2, 0) is 26.9 Å². The molecule has 1 aromatic rings. The zero-order chi connectivity index (χ0) is 16.2. The SMILES string of the molecule is CCOC(=O)C(C(C)C)[S+]([O-])c1ccc(C(F)(F)F)cn1. The average Bonchev–Trinajstić information content (AvgIpc) is 2.37. The van der Waals surface area contributed by atoms with Crippen molar-refractivity contribution < 1.29 is 27.3 Å². The van der Waals surface area contributed by atoms with Gasteiger partial charge in [0.05, 0.1) is 12.2 Å². The van der Waals surface area contributed by atoms with E-state index in [0.717, 1.165) is 12.1 Å². The molecule has 0 aliphatic rings. The Labute approximate surface area is 123 Å². The molecule has 0 saturated heterocycles. The number of hydrogen-bond acceptors (Lipinski definition) is 4. The van der Waals surface area contributed by atoms with Gasteiger partial charge in [-0.2, -0.15) is 13.2 Å². The molecule has 0 aromatic carbocycles. The highest BCUT2D eigenvalue weighted by atomic mass is 32.2. The predicted molar refractivity (Wildman–Crippen MR) is 70.9 cm³/mol. The van der Waals surface area contributed by atoms with Gasteiger partial charge in [-0.25, -0.2) is 9.78 Å². The number of alkyl halides is 3. The number of esters is 1. The maximum Gasteiger partial charge on any atom is 0.417 e. The Morgan fingerprint density at radius 2 is 2.05 bits per heavy atom. The average molecular weight is 323 g/mol. The first-order valence-electron chi connectivity index (χ1n) is 6.29. The minimum absolute atomic E-state index is 0.0743. The van der Waals surface area contributed by atoms with E-state index in [4.69, 9.17) is 4.74 Å². The molecule has 0 amide bonds. The molecule has 0 saturated carbocycles. The van der Waals surface area contributed by atoms with Gasteiger partial charge in [0.15, 0.2) is 0 Å². The van der Waals surface area contributed by atoms with Gasteiger partial charge in [0.25, 0.3) is 0 Å². The van der Waals surface area contributed by atoms with Crippen molar-refractivity contribution in [1.29, 1.82) is 0 Å². The van der Waals surface area contributed by atoms with Gasteiger partial charge in [-0.1, -0.05) is 13.8 Å². The second kappa shape index (κ2) is 7.13. The summed E-state index contributed by atoms with van der Waals surface area (Å²) in [6.07, 6.45) is -3.90. The second-order valence-electron chi connectivity index (χ2n) is 4.60. The summed E-state index contributed by atoms with van der Waals surface area (Å²) >= 11 is -1.87. The quantitative estimate of drug-likeness (QED) is 0.617. The Morgan fingerprint density at radius 3 is 2.43 bits per heavy atom. The van der Waals surface area contributed by atoms with Gasteiger partial charge in [0.2, 0.25) is 10.3 Å². The monoisotopic (exact) mass is 323 g/mol. The van der Waals surface area contributed by atoms with E-state index in [1.54, 1.807) is 20.8 Å². The Balaban J connectivity index is 2.99. The van der Waals surface area contributed by atoms with Crippen LogP contribution >= 0.6 is 0 Å². The molecule has 1 rings (SSSR count). The van der Waals surface area contributed by atoms with Crippen LogP contribution in [0.3, 0.4) is 0 Å². The van der Waals surface area contributed by atoms with E-state index in [1.165, 1.54) is 0 Å². The lowest BCUT2D eigenvalue weighted by atomic mass is 10.1. The van der Waals surface area contributed by atoms with Crippen molar-refractivity contribution in [3.8, 4) is 0 Å². The van der Waals surface area contributed by atoms with E-state index in [1.807, 2.05) is 0 Å². The van der Waals surface area contributed by atoms with E-state index in [0.29, 0.717) is 6.20 Å². The summed E-state index contributed by atoms with van der Waals surface area (Å²) in [4.78, 5) is 15.4. The lowest BCUT2D eigenvalue weighted by molar-refractivity contribution is -0.143. The summed E-state index contributed by atoms with van der Waals surface area (Å²) in [5.74, 6) is -0.943. The number of pyridine rings is 1. The van der Waals surface area contributed by atoms with Crippen molar-refractivity contribution in [1.82, 2.24) is 4.98 Å². The van der Waals surface area contributed by atoms with Crippen molar-refractivity contribution in [2.75, 3.05) is 6.61 Å². The molecule has 1 aromatic heterocycles. The summed E-state index contributed by atoms with van der Waals surface area (Å²) in [5.41, 5.74) is -0.930. The van der Waals surface area contributed by atoms with E-state index in [9.17, 15) is 22.5 Å². The number of aromatic nitrogens is 1. The fourth-order valence-corrected chi connectivity index (χ4v) is 2.98. The van der Waals surface area contributed by atoms with Crippen molar-refractivity contribution in [2.45, 2.75) is 37.2 Å². The van der Waals surface area contributed by atoms with Crippen LogP contribution in [0.1, 0.15) is 26.3 Å². The highest BCUT2D eigenvalue weighted by Crippen LogP contribution is 2.29. The van der Waals surface area contributed by atoms with Gasteiger partial charge in [0, 0.05) is 29.4 Å². The van der Waals surface area contributed by atoms with Gasteiger partial charge in [0.1, 0.15) is 0 Å². The van der Waals surface area contributed by atoms with Crippen molar-refractivity contribution in [3.63, 3.8) is 0 Å². The molecular weight excluding hydrogens is 307 g/mol. The number of nitrogens with zero attached hydrogens (tertiary/aromatic N) is 1. The molecule has 8 heteroatoms. The fourth-order valence-electron chi connectivity index (χ4n) is 1.63. The Morgan fingerprint density at radius 1 is 1.43 bits per heavy atom. The lowest BCUT2D eigenvalue weighted by Crippen LogP contribution is -2.37. The molecular formula is C13H16F3NO3S. The fraction of sp³-hybridized carbons (Fsp3) is 0.538. The molecule has 0 aliphatic heterocycles. The van der Waals surface area contributed by atoms with Gasteiger partial charge in [-0.15, -0.1) is 0 Å². The predicted octanol–water partition coefficient (Wildman–Crippen LogP) is 2.80. The van der Waals surface area contributed by atoms with Crippen LogP contribution in [0.25, 0.3) is 0 Å². The maximum absolute atomic E-state index is 12.4. The third-order valence-electron chi connectivity index (χ3n) is 2.62. The number of carbonyl (C=O) groups is 1. The van der Waals surface area contributed by atoms with Crippen LogP contribution in [0, 0.1) is 5.92 Å². The molecule has 2 unspecified atom stereocenters.